The first-order valence-corrected chi connectivity index (χ1v) is 9.93. The van der Waals surface area contributed by atoms with Crippen molar-refractivity contribution in [2.75, 3.05) is 16.8 Å². The highest BCUT2D eigenvalue weighted by molar-refractivity contribution is 7.81. The first kappa shape index (κ1) is 20.0. The summed E-state index contributed by atoms with van der Waals surface area (Å²) in [5, 5.41) is 2.68. The molecule has 1 saturated carbocycles. The van der Waals surface area contributed by atoms with E-state index in [1.165, 1.54) is 24.1 Å². The van der Waals surface area contributed by atoms with Crippen LogP contribution in [0.3, 0.4) is 0 Å². The smallest absolute Gasteiger partial charge is 0.259 e. The quantitative estimate of drug-likeness (QED) is 0.598. The topological polar surface area (TPSA) is 57.0 Å². The molecule has 2 amide bonds. The lowest BCUT2D eigenvalue weighted by atomic mass is 9.75. The molecular weight excluding hydrogens is 403 g/mol. The summed E-state index contributed by atoms with van der Waals surface area (Å²) in [6, 6.07) is 9.36. The molecule has 0 aromatic heterocycles. The van der Waals surface area contributed by atoms with Crippen molar-refractivity contribution in [2.24, 2.45) is 0 Å². The molecule has 2 aromatic rings. The SMILES string of the molecule is [C-]#[N+]c1ccc(N2C(=O)C3(CCC3)N(c3ccc(C(=O)NC)c(F)c3)C2=S)c(C)c1. The van der Waals surface area contributed by atoms with Crippen molar-refractivity contribution in [2.45, 2.75) is 31.7 Å². The van der Waals surface area contributed by atoms with Crippen LogP contribution >= 0.6 is 12.2 Å². The zero-order valence-corrected chi connectivity index (χ0v) is 17.3. The largest absolute Gasteiger partial charge is 0.355 e. The molecule has 0 bridgehead atoms. The van der Waals surface area contributed by atoms with Crippen molar-refractivity contribution in [3.63, 3.8) is 0 Å². The third kappa shape index (κ3) is 2.77. The van der Waals surface area contributed by atoms with Gasteiger partial charge in [0.1, 0.15) is 11.4 Å². The van der Waals surface area contributed by atoms with E-state index in [1.807, 2.05) is 6.92 Å². The minimum Gasteiger partial charge on any atom is -0.355 e. The normalized spacial score (nSPS) is 17.1. The number of nitrogens with zero attached hydrogens (tertiary/aromatic N) is 3. The maximum Gasteiger partial charge on any atom is 0.259 e. The first-order chi connectivity index (χ1) is 14.3. The Hall–Kier alpha value is -3.31. The van der Waals surface area contributed by atoms with Crippen LogP contribution in [0, 0.1) is 19.3 Å². The number of anilines is 2. The second-order valence-electron chi connectivity index (χ2n) is 7.47. The van der Waals surface area contributed by atoms with Gasteiger partial charge in [-0.15, -0.1) is 0 Å². The van der Waals surface area contributed by atoms with Gasteiger partial charge in [-0.25, -0.2) is 9.24 Å². The Bertz CT molecular complexity index is 1140. The number of benzene rings is 2. The van der Waals surface area contributed by atoms with Crippen LogP contribution in [0.25, 0.3) is 4.85 Å². The van der Waals surface area contributed by atoms with Crippen molar-refractivity contribution in [1.29, 1.82) is 0 Å². The molecule has 0 unspecified atom stereocenters. The molecule has 1 aliphatic carbocycles. The van der Waals surface area contributed by atoms with Gasteiger partial charge in [-0.2, -0.15) is 0 Å². The highest BCUT2D eigenvalue weighted by Gasteiger charge is 2.59. The molecule has 8 heteroatoms. The molecule has 1 saturated heterocycles. The van der Waals surface area contributed by atoms with Gasteiger partial charge >= 0.3 is 0 Å². The fourth-order valence-corrected chi connectivity index (χ4v) is 4.58. The van der Waals surface area contributed by atoms with Gasteiger partial charge in [0.15, 0.2) is 10.8 Å². The van der Waals surface area contributed by atoms with Crippen LogP contribution in [0.1, 0.15) is 35.2 Å². The molecule has 2 aliphatic rings. The Morgan fingerprint density at radius 3 is 2.53 bits per heavy atom. The highest BCUT2D eigenvalue weighted by Crippen LogP contribution is 2.48. The average Bonchev–Trinajstić information content (AvgIpc) is 2.94. The lowest BCUT2D eigenvalue weighted by molar-refractivity contribution is -0.123. The van der Waals surface area contributed by atoms with Gasteiger partial charge in [-0.05, 0) is 68.2 Å². The summed E-state index contributed by atoms with van der Waals surface area (Å²) >= 11 is 5.69. The van der Waals surface area contributed by atoms with E-state index in [4.69, 9.17) is 18.8 Å². The van der Waals surface area contributed by atoms with Gasteiger partial charge in [0.2, 0.25) is 0 Å². The van der Waals surface area contributed by atoms with E-state index in [1.54, 1.807) is 29.2 Å². The minimum atomic E-state index is -0.844. The van der Waals surface area contributed by atoms with Crippen molar-refractivity contribution in [3.05, 3.63) is 64.8 Å². The zero-order valence-electron chi connectivity index (χ0n) is 16.5. The monoisotopic (exact) mass is 422 g/mol. The average molecular weight is 422 g/mol. The summed E-state index contributed by atoms with van der Waals surface area (Å²) in [7, 11) is 1.44. The van der Waals surface area contributed by atoms with Gasteiger partial charge in [-0.3, -0.25) is 14.5 Å². The summed E-state index contributed by atoms with van der Waals surface area (Å²) in [6.07, 6.45) is 2.09. The van der Waals surface area contributed by atoms with Gasteiger partial charge in [0.05, 0.1) is 17.8 Å². The standard InChI is InChI=1S/C22H19FN4O2S/c1-13-11-14(24-2)5-8-18(13)26-20(29)22(9-4-10-22)27(21(26)30)15-6-7-16(17(23)12-15)19(28)25-3/h5-8,11-12H,4,9-10H2,1,3H3,(H,25,28). The maximum atomic E-state index is 14.6. The number of carbonyl (C=O) groups excluding carboxylic acids is 2. The summed E-state index contributed by atoms with van der Waals surface area (Å²) in [5.74, 6) is -1.34. The van der Waals surface area contributed by atoms with Crippen LogP contribution in [0.4, 0.5) is 21.5 Å². The van der Waals surface area contributed by atoms with E-state index in [0.29, 0.717) is 29.9 Å². The molecule has 6 nitrogen and oxygen atoms in total. The second kappa shape index (κ2) is 7.18. The number of hydrogen-bond acceptors (Lipinski definition) is 3. The highest BCUT2D eigenvalue weighted by atomic mass is 32.1. The van der Waals surface area contributed by atoms with Crippen LogP contribution in [-0.4, -0.2) is 29.5 Å². The predicted molar refractivity (Wildman–Crippen MR) is 116 cm³/mol. The Kier molecular flexibility index (Phi) is 4.79. The fraction of sp³-hybridized carbons (Fsp3) is 0.273. The maximum absolute atomic E-state index is 14.6. The molecule has 4 rings (SSSR count). The van der Waals surface area contributed by atoms with Crippen molar-refractivity contribution in [3.8, 4) is 0 Å². The Labute approximate surface area is 179 Å². The van der Waals surface area contributed by atoms with Crippen LogP contribution in [-0.2, 0) is 4.79 Å². The number of nitrogens with one attached hydrogen (secondary N) is 1. The molecular formula is C22H19FN4O2S. The first-order valence-electron chi connectivity index (χ1n) is 9.52. The van der Waals surface area contributed by atoms with Crippen molar-refractivity contribution < 1.29 is 14.0 Å². The molecule has 0 atom stereocenters. The summed E-state index contributed by atoms with van der Waals surface area (Å²) in [5.41, 5.74) is 1.39. The van der Waals surface area contributed by atoms with E-state index in [0.717, 1.165) is 12.0 Å². The summed E-state index contributed by atoms with van der Waals surface area (Å²) in [4.78, 5) is 32.0. The van der Waals surface area contributed by atoms with E-state index < -0.39 is 17.3 Å². The zero-order chi connectivity index (χ0) is 21.6. The molecule has 30 heavy (non-hydrogen) atoms. The van der Waals surface area contributed by atoms with Crippen LogP contribution in [0.15, 0.2) is 36.4 Å². The number of amides is 2. The predicted octanol–water partition coefficient (Wildman–Crippen LogP) is 4.11. The number of carbonyl (C=O) groups is 2. The van der Waals surface area contributed by atoms with Crippen molar-refractivity contribution >= 4 is 46.2 Å². The number of thiocarbonyl (C=S) groups is 1. The van der Waals surface area contributed by atoms with Crippen LogP contribution in [0.5, 0.6) is 0 Å². The minimum absolute atomic E-state index is 0.0669. The van der Waals surface area contributed by atoms with Gasteiger partial charge in [0.25, 0.3) is 11.8 Å². The van der Waals surface area contributed by atoms with Gasteiger partial charge in [0, 0.05) is 12.7 Å². The van der Waals surface area contributed by atoms with Gasteiger partial charge in [-0.1, -0.05) is 12.1 Å². The lowest BCUT2D eigenvalue weighted by Gasteiger charge is -2.43. The third-order valence-corrected chi connectivity index (χ3v) is 6.19. The third-order valence-electron chi connectivity index (χ3n) is 5.83. The number of aryl methyl sites for hydroxylation is 1. The molecule has 1 N–H and O–H groups in total. The van der Waals surface area contributed by atoms with Crippen LogP contribution in [0.2, 0.25) is 0 Å². The second-order valence-corrected chi connectivity index (χ2v) is 7.83. The Balaban J connectivity index is 1.79. The number of halogens is 1. The van der Waals surface area contributed by atoms with E-state index >= 15 is 0 Å². The molecule has 1 heterocycles. The Morgan fingerprint density at radius 1 is 1.27 bits per heavy atom. The van der Waals surface area contributed by atoms with E-state index in [2.05, 4.69) is 10.2 Å². The van der Waals surface area contributed by atoms with Crippen LogP contribution < -0.4 is 15.1 Å². The fourth-order valence-electron chi connectivity index (χ4n) is 4.11. The summed E-state index contributed by atoms with van der Waals surface area (Å²) < 4.78 is 14.6. The Morgan fingerprint density at radius 2 is 2.00 bits per heavy atom. The van der Waals surface area contributed by atoms with E-state index in [9.17, 15) is 14.0 Å². The van der Waals surface area contributed by atoms with E-state index in [-0.39, 0.29) is 16.6 Å². The molecule has 152 valence electrons. The molecule has 1 aliphatic heterocycles. The summed E-state index contributed by atoms with van der Waals surface area (Å²) in [6.45, 7) is 9.00. The lowest BCUT2D eigenvalue weighted by Crippen LogP contribution is -2.55. The van der Waals surface area contributed by atoms with Gasteiger partial charge < -0.3 is 10.2 Å². The van der Waals surface area contributed by atoms with Crippen molar-refractivity contribution in [1.82, 2.24) is 5.32 Å². The molecule has 1 spiro atoms. The number of hydrogen-bond donors (Lipinski definition) is 1. The molecule has 0 radical (unpaired) electrons. The molecule has 2 aromatic carbocycles. The molecule has 2 fully saturated rings. The number of rotatable bonds is 3.